The minimum Gasteiger partial charge on any atom is -0.406 e. The van der Waals surface area contributed by atoms with E-state index >= 15 is 0 Å². The number of hydrogen-bond acceptors (Lipinski definition) is 1. The van der Waals surface area contributed by atoms with E-state index in [0.29, 0.717) is 10.9 Å². The molecule has 0 saturated heterocycles. The monoisotopic (exact) mass is 294 g/mol. The van der Waals surface area contributed by atoms with Crippen molar-refractivity contribution in [2.45, 2.75) is 13.3 Å². The molecule has 1 aromatic rings. The maximum absolute atomic E-state index is 12.0. The summed E-state index contributed by atoms with van der Waals surface area (Å²) in [5, 5.41) is 0.678. The first-order valence-electron chi connectivity index (χ1n) is 4.49. The Morgan fingerprint density at radius 1 is 1.44 bits per heavy atom. The molecule has 0 unspecified atom stereocenters. The molecule has 0 N–H and O–H groups in total. The molecule has 0 amide bonds. The predicted octanol–water partition coefficient (Wildman–Crippen LogP) is 4.38. The zero-order chi connectivity index (χ0) is 12.2. The van der Waals surface area contributed by atoms with Crippen molar-refractivity contribution in [3.8, 4) is 5.75 Å². The van der Waals surface area contributed by atoms with Gasteiger partial charge < -0.3 is 4.74 Å². The number of alkyl halides is 4. The van der Waals surface area contributed by atoms with Crippen LogP contribution in [0.15, 0.2) is 29.8 Å². The summed E-state index contributed by atoms with van der Waals surface area (Å²) in [6, 6.07) is 5.86. The molecule has 0 aliphatic heterocycles. The highest BCUT2D eigenvalue weighted by molar-refractivity contribution is 9.09. The maximum Gasteiger partial charge on any atom is 0.573 e. The van der Waals surface area contributed by atoms with Gasteiger partial charge in [-0.15, -0.1) is 13.2 Å². The van der Waals surface area contributed by atoms with Gasteiger partial charge in [0.1, 0.15) is 5.75 Å². The van der Waals surface area contributed by atoms with Crippen molar-refractivity contribution in [3.63, 3.8) is 0 Å². The van der Waals surface area contributed by atoms with E-state index in [0.717, 1.165) is 5.57 Å². The lowest BCUT2D eigenvalue weighted by atomic mass is 10.1. The van der Waals surface area contributed by atoms with Crippen LogP contribution in [-0.2, 0) is 0 Å². The highest BCUT2D eigenvalue weighted by atomic mass is 79.9. The molecular formula is C11H10BrF3O. The Morgan fingerprint density at radius 3 is 2.69 bits per heavy atom. The quantitative estimate of drug-likeness (QED) is 0.752. The first-order valence-corrected chi connectivity index (χ1v) is 5.62. The molecule has 0 bridgehead atoms. The molecule has 1 rings (SSSR count). The number of halogens is 4. The number of hydrogen-bond donors (Lipinski definition) is 0. The van der Waals surface area contributed by atoms with Gasteiger partial charge in [-0.3, -0.25) is 0 Å². The van der Waals surface area contributed by atoms with E-state index in [1.54, 1.807) is 12.1 Å². The minimum atomic E-state index is -4.65. The van der Waals surface area contributed by atoms with Crippen LogP contribution in [0.3, 0.4) is 0 Å². The van der Waals surface area contributed by atoms with Crippen molar-refractivity contribution in [2.24, 2.45) is 0 Å². The van der Waals surface area contributed by atoms with Crippen LogP contribution in [0.25, 0.3) is 6.08 Å². The topological polar surface area (TPSA) is 9.23 Å². The standard InChI is InChI=1S/C11H10BrF3O/c1-8(7-12)5-9-3-2-4-10(6-9)16-11(13,14)15/h2-6H,7H2,1H3/b8-5-. The molecule has 0 spiro atoms. The smallest absolute Gasteiger partial charge is 0.406 e. The van der Waals surface area contributed by atoms with Gasteiger partial charge in [0.25, 0.3) is 0 Å². The van der Waals surface area contributed by atoms with Crippen molar-refractivity contribution in [2.75, 3.05) is 5.33 Å². The Bertz CT molecular complexity index is 385. The third kappa shape index (κ3) is 4.70. The average Bonchev–Trinajstić information content (AvgIpc) is 2.15. The van der Waals surface area contributed by atoms with Crippen LogP contribution in [0.5, 0.6) is 5.75 Å². The number of rotatable bonds is 3. The average molecular weight is 295 g/mol. The minimum absolute atomic E-state index is 0.205. The van der Waals surface area contributed by atoms with Crippen LogP contribution < -0.4 is 4.74 Å². The molecule has 0 saturated carbocycles. The van der Waals surface area contributed by atoms with Crippen LogP contribution in [0.1, 0.15) is 12.5 Å². The maximum atomic E-state index is 12.0. The number of ether oxygens (including phenoxy) is 1. The van der Waals surface area contributed by atoms with E-state index in [1.807, 2.05) is 6.92 Å². The van der Waals surface area contributed by atoms with E-state index < -0.39 is 6.36 Å². The second-order valence-electron chi connectivity index (χ2n) is 3.24. The van der Waals surface area contributed by atoms with Gasteiger partial charge in [0.2, 0.25) is 0 Å². The zero-order valence-electron chi connectivity index (χ0n) is 8.51. The molecule has 5 heteroatoms. The van der Waals surface area contributed by atoms with Gasteiger partial charge in [0.05, 0.1) is 0 Å². The molecule has 0 aliphatic carbocycles. The van der Waals surface area contributed by atoms with E-state index in [2.05, 4.69) is 20.7 Å². The Balaban J connectivity index is 2.87. The Morgan fingerprint density at radius 2 is 2.12 bits per heavy atom. The summed E-state index contributed by atoms with van der Waals surface area (Å²) < 4.78 is 39.7. The van der Waals surface area contributed by atoms with Crippen LogP contribution >= 0.6 is 15.9 Å². The Hall–Kier alpha value is -0.970. The molecule has 88 valence electrons. The molecule has 1 aromatic carbocycles. The molecule has 0 atom stereocenters. The molecule has 0 heterocycles. The highest BCUT2D eigenvalue weighted by Gasteiger charge is 2.30. The van der Waals surface area contributed by atoms with E-state index in [1.165, 1.54) is 18.2 Å². The van der Waals surface area contributed by atoms with Gasteiger partial charge in [-0.25, -0.2) is 0 Å². The fraction of sp³-hybridized carbons (Fsp3) is 0.273. The second-order valence-corrected chi connectivity index (χ2v) is 3.81. The molecule has 16 heavy (non-hydrogen) atoms. The lowest BCUT2D eigenvalue weighted by Gasteiger charge is -2.09. The van der Waals surface area contributed by atoms with Gasteiger partial charge in [-0.1, -0.05) is 39.7 Å². The molecule has 0 aromatic heterocycles. The van der Waals surface area contributed by atoms with Gasteiger partial charge in [-0.2, -0.15) is 0 Å². The SMILES string of the molecule is C/C(=C/c1cccc(OC(F)(F)F)c1)CBr. The first kappa shape index (κ1) is 13.1. The second kappa shape index (κ2) is 5.39. The molecule has 0 radical (unpaired) electrons. The van der Waals surface area contributed by atoms with Crippen molar-refractivity contribution in [1.82, 2.24) is 0 Å². The number of allylic oxidation sites excluding steroid dienone is 1. The third-order valence-corrected chi connectivity index (χ3v) is 2.60. The van der Waals surface area contributed by atoms with E-state index in [-0.39, 0.29) is 5.75 Å². The first-order chi connectivity index (χ1) is 7.40. The van der Waals surface area contributed by atoms with Crippen molar-refractivity contribution < 1.29 is 17.9 Å². The van der Waals surface area contributed by atoms with Crippen LogP contribution in [0.2, 0.25) is 0 Å². The normalized spacial score (nSPS) is 12.7. The van der Waals surface area contributed by atoms with Crippen molar-refractivity contribution in [3.05, 3.63) is 35.4 Å². The van der Waals surface area contributed by atoms with Crippen molar-refractivity contribution >= 4 is 22.0 Å². The van der Waals surface area contributed by atoms with Gasteiger partial charge >= 0.3 is 6.36 Å². The Kier molecular flexibility index (Phi) is 4.41. The highest BCUT2D eigenvalue weighted by Crippen LogP contribution is 2.24. The fourth-order valence-corrected chi connectivity index (χ4v) is 1.29. The summed E-state index contributed by atoms with van der Waals surface area (Å²) >= 11 is 3.26. The largest absolute Gasteiger partial charge is 0.573 e. The van der Waals surface area contributed by atoms with E-state index in [9.17, 15) is 13.2 Å². The Labute approximate surface area is 100 Å². The molecule has 0 aliphatic rings. The number of benzene rings is 1. The summed E-state index contributed by atoms with van der Waals surface area (Å²) in [6.45, 7) is 1.88. The van der Waals surface area contributed by atoms with Crippen LogP contribution in [0.4, 0.5) is 13.2 Å². The predicted molar refractivity (Wildman–Crippen MR) is 60.6 cm³/mol. The fourth-order valence-electron chi connectivity index (χ4n) is 1.12. The van der Waals surface area contributed by atoms with Gasteiger partial charge in [-0.05, 0) is 24.6 Å². The summed E-state index contributed by atoms with van der Waals surface area (Å²) in [7, 11) is 0. The van der Waals surface area contributed by atoms with Gasteiger partial charge in [0.15, 0.2) is 0 Å². The lowest BCUT2D eigenvalue weighted by Crippen LogP contribution is -2.17. The molecule has 1 nitrogen and oxygen atoms in total. The molecule has 0 fully saturated rings. The van der Waals surface area contributed by atoms with Crippen molar-refractivity contribution in [1.29, 1.82) is 0 Å². The summed E-state index contributed by atoms with van der Waals surface area (Å²) in [5.41, 5.74) is 1.70. The van der Waals surface area contributed by atoms with Gasteiger partial charge in [0, 0.05) is 5.33 Å². The lowest BCUT2D eigenvalue weighted by molar-refractivity contribution is -0.274. The third-order valence-electron chi connectivity index (χ3n) is 1.72. The summed E-state index contributed by atoms with van der Waals surface area (Å²) in [4.78, 5) is 0. The van der Waals surface area contributed by atoms with Crippen LogP contribution in [0, 0.1) is 0 Å². The zero-order valence-corrected chi connectivity index (χ0v) is 10.1. The summed E-state index contributed by atoms with van der Waals surface area (Å²) in [6.07, 6.45) is -2.86. The summed E-state index contributed by atoms with van der Waals surface area (Å²) in [5.74, 6) is -0.205. The van der Waals surface area contributed by atoms with Crippen LogP contribution in [-0.4, -0.2) is 11.7 Å². The van der Waals surface area contributed by atoms with E-state index in [4.69, 9.17) is 0 Å². The molecular weight excluding hydrogens is 285 g/mol.